The fraction of sp³-hybridized carbons (Fsp3) is 0.533. The van der Waals surface area contributed by atoms with Gasteiger partial charge in [-0.25, -0.2) is 0 Å². The Balaban J connectivity index is 2.22. The maximum atomic E-state index is 12.0. The Labute approximate surface area is 114 Å². The smallest absolute Gasteiger partial charge is 0.222 e. The molecule has 1 aromatic rings. The Kier molecular flexibility index (Phi) is 4.30. The highest BCUT2D eigenvalue weighted by Gasteiger charge is 2.22. The summed E-state index contributed by atoms with van der Waals surface area (Å²) in [6, 6.07) is 4.01. The average molecular weight is 263 g/mol. The molecule has 0 N–H and O–H groups in total. The molecule has 0 unspecified atom stereocenters. The minimum Gasteiger partial charge on any atom is -0.493 e. The topological polar surface area (TPSA) is 38.8 Å². The van der Waals surface area contributed by atoms with E-state index >= 15 is 0 Å². The maximum Gasteiger partial charge on any atom is 0.222 e. The van der Waals surface area contributed by atoms with E-state index < -0.39 is 0 Å². The highest BCUT2D eigenvalue weighted by molar-refractivity contribution is 5.76. The molecular weight excluding hydrogens is 242 g/mol. The molecule has 0 aromatic heterocycles. The van der Waals surface area contributed by atoms with E-state index in [-0.39, 0.29) is 5.91 Å². The summed E-state index contributed by atoms with van der Waals surface area (Å²) in [6.45, 7) is 3.50. The Bertz CT molecular complexity index is 471. The first-order chi connectivity index (χ1) is 9.19. The van der Waals surface area contributed by atoms with Gasteiger partial charge in [0.15, 0.2) is 11.5 Å². The van der Waals surface area contributed by atoms with Crippen LogP contribution in [-0.4, -0.2) is 31.6 Å². The van der Waals surface area contributed by atoms with Crippen molar-refractivity contribution in [3.63, 3.8) is 0 Å². The molecule has 0 spiro atoms. The fourth-order valence-electron chi connectivity index (χ4n) is 2.47. The summed E-state index contributed by atoms with van der Waals surface area (Å²) < 4.78 is 10.6. The lowest BCUT2D eigenvalue weighted by atomic mass is 9.98. The summed E-state index contributed by atoms with van der Waals surface area (Å²) in [5, 5.41) is 0. The first-order valence-electron chi connectivity index (χ1n) is 6.71. The lowest BCUT2D eigenvalue weighted by Crippen LogP contribution is -2.35. The van der Waals surface area contributed by atoms with Gasteiger partial charge in [-0.3, -0.25) is 4.79 Å². The normalized spacial score (nSPS) is 13.9. The van der Waals surface area contributed by atoms with Gasteiger partial charge in [0.2, 0.25) is 5.91 Å². The lowest BCUT2D eigenvalue weighted by molar-refractivity contribution is -0.132. The molecule has 2 rings (SSSR count). The summed E-state index contributed by atoms with van der Waals surface area (Å²) in [6.07, 6.45) is 2.40. The maximum absolute atomic E-state index is 12.0. The van der Waals surface area contributed by atoms with Crippen LogP contribution in [0.25, 0.3) is 0 Å². The van der Waals surface area contributed by atoms with Crippen LogP contribution in [0.5, 0.6) is 11.5 Å². The van der Waals surface area contributed by atoms with Gasteiger partial charge in [0.1, 0.15) is 0 Å². The first-order valence-corrected chi connectivity index (χ1v) is 6.71. The van der Waals surface area contributed by atoms with E-state index in [1.807, 2.05) is 24.0 Å². The van der Waals surface area contributed by atoms with Crippen molar-refractivity contribution in [3.05, 3.63) is 23.3 Å². The number of hydrogen-bond donors (Lipinski definition) is 0. The van der Waals surface area contributed by atoms with E-state index in [0.29, 0.717) is 13.0 Å². The van der Waals surface area contributed by atoms with E-state index in [1.54, 1.807) is 14.2 Å². The van der Waals surface area contributed by atoms with Gasteiger partial charge in [-0.1, -0.05) is 6.92 Å². The third kappa shape index (κ3) is 2.83. The second-order valence-electron chi connectivity index (χ2n) is 4.79. The molecule has 19 heavy (non-hydrogen) atoms. The van der Waals surface area contributed by atoms with Crippen molar-refractivity contribution in [1.82, 2.24) is 4.90 Å². The summed E-state index contributed by atoms with van der Waals surface area (Å²) in [5.41, 5.74) is 2.41. The summed E-state index contributed by atoms with van der Waals surface area (Å²) in [7, 11) is 3.28. The Morgan fingerprint density at radius 3 is 2.42 bits per heavy atom. The van der Waals surface area contributed by atoms with Crippen molar-refractivity contribution in [2.24, 2.45) is 0 Å². The third-order valence-corrected chi connectivity index (χ3v) is 3.53. The van der Waals surface area contributed by atoms with Gasteiger partial charge >= 0.3 is 0 Å². The average Bonchev–Trinajstić information content (AvgIpc) is 2.45. The van der Waals surface area contributed by atoms with Crippen LogP contribution in [0.15, 0.2) is 12.1 Å². The molecule has 0 atom stereocenters. The second-order valence-corrected chi connectivity index (χ2v) is 4.79. The number of ether oxygens (including phenoxy) is 2. The van der Waals surface area contributed by atoms with E-state index in [0.717, 1.165) is 36.4 Å². The molecule has 0 bridgehead atoms. The number of carbonyl (C=O) groups is 1. The Morgan fingerprint density at radius 2 is 1.84 bits per heavy atom. The van der Waals surface area contributed by atoms with Gasteiger partial charge in [-0.15, -0.1) is 0 Å². The molecule has 0 fully saturated rings. The zero-order valence-electron chi connectivity index (χ0n) is 11.9. The van der Waals surface area contributed by atoms with Gasteiger partial charge in [0, 0.05) is 19.5 Å². The van der Waals surface area contributed by atoms with E-state index in [1.165, 1.54) is 5.56 Å². The molecule has 0 saturated heterocycles. The highest BCUT2D eigenvalue weighted by Crippen LogP contribution is 2.33. The molecule has 1 amide bonds. The number of fused-ring (bicyclic) bond motifs is 1. The van der Waals surface area contributed by atoms with Crippen LogP contribution in [0.1, 0.15) is 30.9 Å². The first kappa shape index (κ1) is 13.7. The highest BCUT2D eigenvalue weighted by atomic mass is 16.5. The van der Waals surface area contributed by atoms with Crippen molar-refractivity contribution in [3.8, 4) is 11.5 Å². The minimum absolute atomic E-state index is 0.239. The van der Waals surface area contributed by atoms with Crippen molar-refractivity contribution < 1.29 is 14.3 Å². The number of nitrogens with zero attached hydrogens (tertiary/aromatic N) is 1. The quantitative estimate of drug-likeness (QED) is 0.837. The summed E-state index contributed by atoms with van der Waals surface area (Å²) in [4.78, 5) is 13.9. The number of amides is 1. The van der Waals surface area contributed by atoms with Crippen molar-refractivity contribution in [2.75, 3.05) is 20.8 Å². The van der Waals surface area contributed by atoms with Crippen LogP contribution < -0.4 is 9.47 Å². The third-order valence-electron chi connectivity index (χ3n) is 3.53. The molecule has 1 aliphatic heterocycles. The Hall–Kier alpha value is -1.71. The molecular formula is C15H21NO3. The van der Waals surface area contributed by atoms with Crippen LogP contribution in [-0.2, 0) is 17.8 Å². The number of hydrogen-bond acceptors (Lipinski definition) is 3. The second kappa shape index (κ2) is 5.95. The SMILES string of the molecule is CCCC(=O)N1CCc2cc(OC)c(OC)cc2C1. The molecule has 1 aliphatic rings. The molecule has 4 nitrogen and oxygen atoms in total. The zero-order valence-corrected chi connectivity index (χ0v) is 11.9. The summed E-state index contributed by atoms with van der Waals surface area (Å²) >= 11 is 0. The van der Waals surface area contributed by atoms with Crippen LogP contribution in [0.2, 0.25) is 0 Å². The van der Waals surface area contributed by atoms with Crippen LogP contribution in [0.3, 0.4) is 0 Å². The van der Waals surface area contributed by atoms with Gasteiger partial charge in [-0.2, -0.15) is 0 Å². The van der Waals surface area contributed by atoms with E-state index in [9.17, 15) is 4.79 Å². The number of carbonyl (C=O) groups excluding carboxylic acids is 1. The molecule has 0 radical (unpaired) electrons. The Morgan fingerprint density at radius 1 is 1.21 bits per heavy atom. The minimum atomic E-state index is 0.239. The molecule has 4 heteroatoms. The number of benzene rings is 1. The van der Waals surface area contributed by atoms with E-state index in [2.05, 4.69) is 0 Å². The van der Waals surface area contributed by atoms with Gasteiger partial charge in [0.25, 0.3) is 0 Å². The van der Waals surface area contributed by atoms with Gasteiger partial charge in [0.05, 0.1) is 14.2 Å². The standard InChI is InChI=1S/C15H21NO3/c1-4-5-15(17)16-7-6-11-8-13(18-2)14(19-3)9-12(11)10-16/h8-9H,4-7,10H2,1-3H3. The lowest BCUT2D eigenvalue weighted by Gasteiger charge is -2.29. The fourth-order valence-corrected chi connectivity index (χ4v) is 2.47. The van der Waals surface area contributed by atoms with Crippen LogP contribution in [0, 0.1) is 0 Å². The number of rotatable bonds is 4. The molecule has 0 saturated carbocycles. The molecule has 1 heterocycles. The van der Waals surface area contributed by atoms with Crippen molar-refractivity contribution in [1.29, 1.82) is 0 Å². The van der Waals surface area contributed by atoms with Crippen molar-refractivity contribution in [2.45, 2.75) is 32.7 Å². The summed E-state index contributed by atoms with van der Waals surface area (Å²) in [5.74, 6) is 1.73. The van der Waals surface area contributed by atoms with Crippen LogP contribution >= 0.6 is 0 Å². The van der Waals surface area contributed by atoms with Crippen LogP contribution in [0.4, 0.5) is 0 Å². The monoisotopic (exact) mass is 263 g/mol. The number of methoxy groups -OCH3 is 2. The zero-order chi connectivity index (χ0) is 13.8. The molecule has 1 aromatic carbocycles. The molecule has 0 aliphatic carbocycles. The predicted octanol–water partition coefficient (Wildman–Crippen LogP) is 2.39. The van der Waals surface area contributed by atoms with Gasteiger partial charge in [-0.05, 0) is 36.1 Å². The largest absolute Gasteiger partial charge is 0.493 e. The predicted molar refractivity (Wildman–Crippen MR) is 73.6 cm³/mol. The van der Waals surface area contributed by atoms with Crippen molar-refractivity contribution >= 4 is 5.91 Å². The van der Waals surface area contributed by atoms with E-state index in [4.69, 9.17) is 9.47 Å². The molecule has 104 valence electrons. The van der Waals surface area contributed by atoms with Gasteiger partial charge < -0.3 is 14.4 Å².